The number of piperidine rings is 1. The number of benzene rings is 1. The van der Waals surface area contributed by atoms with Crippen molar-refractivity contribution in [2.45, 2.75) is 19.3 Å². The summed E-state index contributed by atoms with van der Waals surface area (Å²) in [5, 5.41) is 11.9. The van der Waals surface area contributed by atoms with E-state index in [2.05, 4.69) is 10.3 Å². The first-order chi connectivity index (χ1) is 12.7. The maximum Gasteiger partial charge on any atom is 0.272 e. The first-order valence-electron chi connectivity index (χ1n) is 8.88. The number of anilines is 1. The highest BCUT2D eigenvalue weighted by Gasteiger charge is 2.28. The van der Waals surface area contributed by atoms with Crippen LogP contribution in [-0.4, -0.2) is 46.5 Å². The van der Waals surface area contributed by atoms with Crippen molar-refractivity contribution in [3.8, 4) is 0 Å². The lowest BCUT2D eigenvalue weighted by Gasteiger charge is -2.31. The van der Waals surface area contributed by atoms with Crippen molar-refractivity contribution in [2.75, 3.05) is 25.0 Å². The number of aliphatic hydroxyl groups excluding tert-OH is 1. The van der Waals surface area contributed by atoms with Crippen molar-refractivity contribution in [3.05, 3.63) is 59.9 Å². The van der Waals surface area contributed by atoms with E-state index in [4.69, 9.17) is 5.11 Å². The number of nitrogens with zero attached hydrogens (tertiary/aromatic N) is 2. The van der Waals surface area contributed by atoms with Crippen LogP contribution in [0, 0.1) is 5.92 Å². The second kappa shape index (κ2) is 8.58. The first kappa shape index (κ1) is 18.1. The fraction of sp³-hybridized carbons (Fsp3) is 0.350. The molecule has 1 aromatic heterocycles. The molecule has 2 amide bonds. The summed E-state index contributed by atoms with van der Waals surface area (Å²) < 4.78 is 0. The maximum atomic E-state index is 12.5. The number of likely N-dealkylation sites (tertiary alicyclic amines) is 1. The van der Waals surface area contributed by atoms with Crippen LogP contribution in [0.1, 0.15) is 28.9 Å². The standard InChI is InChI=1S/C20H23N3O3/c24-14-10-15-4-6-17(7-5-15)22-19(25)16-8-12-23(13-9-16)20(26)18-3-1-2-11-21-18/h1-7,11,16,24H,8-10,12-14H2,(H,22,25). The largest absolute Gasteiger partial charge is 0.396 e. The Bertz CT molecular complexity index is 739. The summed E-state index contributed by atoms with van der Waals surface area (Å²) in [6.07, 6.45) is 3.51. The highest BCUT2D eigenvalue weighted by Crippen LogP contribution is 2.21. The SMILES string of the molecule is O=C(Nc1ccc(CCO)cc1)C1CCN(C(=O)c2ccccn2)CC1. The summed E-state index contributed by atoms with van der Waals surface area (Å²) in [4.78, 5) is 30.7. The van der Waals surface area contributed by atoms with Crippen molar-refractivity contribution < 1.29 is 14.7 Å². The van der Waals surface area contributed by atoms with Crippen LogP contribution in [0.15, 0.2) is 48.7 Å². The molecule has 6 nitrogen and oxygen atoms in total. The van der Waals surface area contributed by atoms with E-state index in [1.165, 1.54) is 0 Å². The Balaban J connectivity index is 1.51. The molecule has 136 valence electrons. The minimum absolute atomic E-state index is 0.00940. The smallest absolute Gasteiger partial charge is 0.272 e. The lowest BCUT2D eigenvalue weighted by molar-refractivity contribution is -0.121. The molecule has 0 bridgehead atoms. The van der Waals surface area contributed by atoms with Gasteiger partial charge >= 0.3 is 0 Å². The zero-order valence-corrected chi connectivity index (χ0v) is 14.6. The molecule has 2 aromatic rings. The Morgan fingerprint density at radius 3 is 2.46 bits per heavy atom. The van der Waals surface area contributed by atoms with E-state index in [9.17, 15) is 9.59 Å². The number of carbonyl (C=O) groups excluding carboxylic acids is 2. The molecule has 0 radical (unpaired) electrons. The predicted octanol–water partition coefficient (Wildman–Crippen LogP) is 2.11. The Kier molecular flexibility index (Phi) is 5.96. The van der Waals surface area contributed by atoms with E-state index in [0.717, 1.165) is 11.3 Å². The van der Waals surface area contributed by atoms with Gasteiger partial charge in [0.2, 0.25) is 5.91 Å². The van der Waals surface area contributed by atoms with Crippen molar-refractivity contribution in [1.82, 2.24) is 9.88 Å². The normalized spacial score (nSPS) is 14.9. The van der Waals surface area contributed by atoms with Crippen LogP contribution < -0.4 is 5.32 Å². The molecule has 1 aromatic carbocycles. The zero-order chi connectivity index (χ0) is 18.4. The average Bonchev–Trinajstić information content (AvgIpc) is 2.70. The van der Waals surface area contributed by atoms with E-state index in [1.54, 1.807) is 29.3 Å². The van der Waals surface area contributed by atoms with Gasteiger partial charge in [0.15, 0.2) is 0 Å². The maximum absolute atomic E-state index is 12.5. The van der Waals surface area contributed by atoms with E-state index in [0.29, 0.717) is 38.0 Å². The van der Waals surface area contributed by atoms with Crippen LogP contribution in [-0.2, 0) is 11.2 Å². The average molecular weight is 353 g/mol. The van der Waals surface area contributed by atoms with Gasteiger partial charge in [-0.25, -0.2) is 0 Å². The van der Waals surface area contributed by atoms with Gasteiger partial charge in [-0.2, -0.15) is 0 Å². The highest BCUT2D eigenvalue weighted by molar-refractivity contribution is 5.94. The number of nitrogens with one attached hydrogen (secondary N) is 1. The van der Waals surface area contributed by atoms with Crippen molar-refractivity contribution >= 4 is 17.5 Å². The summed E-state index contributed by atoms with van der Waals surface area (Å²) in [5.74, 6) is -0.186. The molecule has 2 N–H and O–H groups in total. The number of hydrogen-bond donors (Lipinski definition) is 2. The molecule has 0 spiro atoms. The topological polar surface area (TPSA) is 82.5 Å². The third-order valence-electron chi connectivity index (χ3n) is 4.66. The minimum atomic E-state index is -0.0973. The number of aromatic nitrogens is 1. The summed E-state index contributed by atoms with van der Waals surface area (Å²) in [7, 11) is 0. The van der Waals surface area contributed by atoms with E-state index < -0.39 is 0 Å². The third-order valence-corrected chi connectivity index (χ3v) is 4.66. The number of amides is 2. The summed E-state index contributed by atoms with van der Waals surface area (Å²) in [6.45, 7) is 1.23. The molecular weight excluding hydrogens is 330 g/mol. The molecule has 0 aliphatic carbocycles. The van der Waals surface area contributed by atoms with Crippen molar-refractivity contribution in [2.24, 2.45) is 5.92 Å². The molecule has 3 rings (SSSR count). The fourth-order valence-electron chi connectivity index (χ4n) is 3.12. The molecular formula is C20H23N3O3. The van der Waals surface area contributed by atoms with Gasteiger partial charge in [0.1, 0.15) is 5.69 Å². The zero-order valence-electron chi connectivity index (χ0n) is 14.6. The van der Waals surface area contributed by atoms with Gasteiger partial charge in [-0.3, -0.25) is 14.6 Å². The highest BCUT2D eigenvalue weighted by atomic mass is 16.3. The fourth-order valence-corrected chi connectivity index (χ4v) is 3.12. The lowest BCUT2D eigenvalue weighted by atomic mass is 9.95. The lowest BCUT2D eigenvalue weighted by Crippen LogP contribution is -2.41. The first-order valence-corrected chi connectivity index (χ1v) is 8.88. The molecule has 6 heteroatoms. The molecule has 2 heterocycles. The van der Waals surface area contributed by atoms with Crippen LogP contribution in [0.3, 0.4) is 0 Å². The predicted molar refractivity (Wildman–Crippen MR) is 98.7 cm³/mol. The van der Waals surface area contributed by atoms with Crippen LogP contribution in [0.5, 0.6) is 0 Å². The summed E-state index contributed by atoms with van der Waals surface area (Å²) in [5.41, 5.74) is 2.23. The third kappa shape index (κ3) is 4.46. The Morgan fingerprint density at radius 1 is 1.12 bits per heavy atom. The monoisotopic (exact) mass is 353 g/mol. The second-order valence-electron chi connectivity index (χ2n) is 6.44. The second-order valence-corrected chi connectivity index (χ2v) is 6.44. The molecule has 0 unspecified atom stereocenters. The van der Waals surface area contributed by atoms with Gasteiger partial charge in [0.25, 0.3) is 5.91 Å². The van der Waals surface area contributed by atoms with E-state index in [1.807, 2.05) is 24.3 Å². The van der Waals surface area contributed by atoms with Gasteiger partial charge in [-0.1, -0.05) is 18.2 Å². The molecule has 0 atom stereocenters. The van der Waals surface area contributed by atoms with Gasteiger partial charge < -0.3 is 15.3 Å². The minimum Gasteiger partial charge on any atom is -0.396 e. The van der Waals surface area contributed by atoms with Gasteiger partial charge in [0, 0.05) is 37.5 Å². The molecule has 1 saturated heterocycles. The van der Waals surface area contributed by atoms with Crippen molar-refractivity contribution in [1.29, 1.82) is 0 Å². The molecule has 26 heavy (non-hydrogen) atoms. The molecule has 0 saturated carbocycles. The Morgan fingerprint density at radius 2 is 1.85 bits per heavy atom. The summed E-state index contributed by atoms with van der Waals surface area (Å²) in [6, 6.07) is 12.8. The van der Waals surface area contributed by atoms with Crippen LogP contribution in [0.2, 0.25) is 0 Å². The van der Waals surface area contributed by atoms with Gasteiger partial charge in [-0.05, 0) is 49.1 Å². The van der Waals surface area contributed by atoms with Crippen LogP contribution in [0.25, 0.3) is 0 Å². The summed E-state index contributed by atoms with van der Waals surface area (Å²) >= 11 is 0. The molecule has 1 aliphatic rings. The van der Waals surface area contributed by atoms with Gasteiger partial charge in [0.05, 0.1) is 0 Å². The number of carbonyl (C=O) groups is 2. The Hall–Kier alpha value is -2.73. The van der Waals surface area contributed by atoms with Crippen molar-refractivity contribution in [3.63, 3.8) is 0 Å². The number of aliphatic hydroxyl groups is 1. The molecule has 1 fully saturated rings. The van der Waals surface area contributed by atoms with E-state index >= 15 is 0 Å². The number of rotatable bonds is 5. The quantitative estimate of drug-likeness (QED) is 0.862. The Labute approximate surface area is 152 Å². The van der Waals surface area contributed by atoms with E-state index in [-0.39, 0.29) is 24.3 Å². The van der Waals surface area contributed by atoms with Crippen LogP contribution in [0.4, 0.5) is 5.69 Å². The number of hydrogen-bond acceptors (Lipinski definition) is 4. The van der Waals surface area contributed by atoms with Gasteiger partial charge in [-0.15, -0.1) is 0 Å². The molecule has 1 aliphatic heterocycles. The van der Waals surface area contributed by atoms with Crippen LogP contribution >= 0.6 is 0 Å². The number of pyridine rings is 1.